The molecule has 0 aliphatic rings. The summed E-state index contributed by atoms with van der Waals surface area (Å²) in [6.45, 7) is 3.68. The van der Waals surface area contributed by atoms with Crippen molar-refractivity contribution >= 4 is 34.0 Å². The molecule has 0 aliphatic carbocycles. The van der Waals surface area contributed by atoms with E-state index in [1.165, 1.54) is 11.8 Å². The number of aryl methyl sites for hydroxylation is 2. The molecule has 2 N–H and O–H groups in total. The lowest BCUT2D eigenvalue weighted by atomic mass is 10.3. The molecule has 8 heteroatoms. The van der Waals surface area contributed by atoms with Crippen LogP contribution in [-0.2, 0) is 5.75 Å². The Labute approximate surface area is 141 Å². The van der Waals surface area contributed by atoms with Gasteiger partial charge in [0.1, 0.15) is 5.82 Å². The molecule has 0 amide bonds. The molecule has 3 heterocycles. The van der Waals surface area contributed by atoms with E-state index in [-0.39, 0.29) is 11.1 Å². The molecule has 0 bridgehead atoms. The van der Waals surface area contributed by atoms with E-state index in [1.54, 1.807) is 0 Å². The topological polar surface area (TPSA) is 100 Å². The Morgan fingerprint density at radius 1 is 1.00 bits per heavy atom. The summed E-state index contributed by atoms with van der Waals surface area (Å²) in [6.07, 6.45) is 0. The molecule has 0 radical (unpaired) electrons. The van der Waals surface area contributed by atoms with Crippen LogP contribution in [0.3, 0.4) is 0 Å². The number of benzene rings is 1. The van der Waals surface area contributed by atoms with Gasteiger partial charge < -0.3 is 4.98 Å². The third-order valence-electron chi connectivity index (χ3n) is 3.72. The molecule has 120 valence electrons. The van der Waals surface area contributed by atoms with E-state index in [4.69, 9.17) is 0 Å². The van der Waals surface area contributed by atoms with Crippen LogP contribution in [-0.4, -0.2) is 29.9 Å². The van der Waals surface area contributed by atoms with Crippen molar-refractivity contribution in [1.82, 2.24) is 29.9 Å². The van der Waals surface area contributed by atoms with Crippen molar-refractivity contribution in [3.63, 3.8) is 0 Å². The quantitative estimate of drug-likeness (QED) is 0.440. The highest BCUT2D eigenvalue weighted by molar-refractivity contribution is 7.98. The second-order valence-corrected chi connectivity index (χ2v) is 6.39. The van der Waals surface area contributed by atoms with E-state index >= 15 is 0 Å². The minimum absolute atomic E-state index is 0.270. The van der Waals surface area contributed by atoms with Gasteiger partial charge in [0.15, 0.2) is 16.3 Å². The number of fused-ring (bicyclic) bond motifs is 2. The van der Waals surface area contributed by atoms with Crippen LogP contribution < -0.4 is 5.56 Å². The lowest BCUT2D eigenvalue weighted by Crippen LogP contribution is -2.13. The van der Waals surface area contributed by atoms with Gasteiger partial charge >= 0.3 is 0 Å². The van der Waals surface area contributed by atoms with Gasteiger partial charge in [-0.25, -0.2) is 19.9 Å². The molecule has 0 saturated carbocycles. The average molecular weight is 338 g/mol. The van der Waals surface area contributed by atoms with Crippen molar-refractivity contribution in [1.29, 1.82) is 0 Å². The number of nitrogens with one attached hydrogen (secondary N) is 2. The molecule has 0 spiro atoms. The fraction of sp³-hybridized carbons (Fsp3) is 0.188. The summed E-state index contributed by atoms with van der Waals surface area (Å²) < 4.78 is 0. The summed E-state index contributed by atoms with van der Waals surface area (Å²) in [5.74, 6) is 1.40. The first-order chi connectivity index (χ1) is 11.6. The zero-order valence-electron chi connectivity index (χ0n) is 13.1. The third-order valence-corrected chi connectivity index (χ3v) is 4.60. The maximum absolute atomic E-state index is 12.2. The van der Waals surface area contributed by atoms with Gasteiger partial charge in [0.25, 0.3) is 5.56 Å². The Morgan fingerprint density at radius 2 is 1.79 bits per heavy atom. The minimum atomic E-state index is -0.275. The Morgan fingerprint density at radius 3 is 2.62 bits per heavy atom. The Hall–Kier alpha value is -2.74. The molecule has 0 fully saturated rings. The molecular formula is C16H14N6OS. The molecule has 3 aromatic heterocycles. The van der Waals surface area contributed by atoms with E-state index in [0.717, 1.165) is 28.2 Å². The Bertz CT molecular complexity index is 1080. The molecule has 0 saturated heterocycles. The van der Waals surface area contributed by atoms with Crippen molar-refractivity contribution in [3.8, 4) is 0 Å². The maximum Gasteiger partial charge on any atom is 0.279 e. The summed E-state index contributed by atoms with van der Waals surface area (Å²) in [5.41, 5.74) is 3.78. The van der Waals surface area contributed by atoms with Gasteiger partial charge in [-0.05, 0) is 26.0 Å². The lowest BCUT2D eigenvalue weighted by molar-refractivity contribution is 0.934. The van der Waals surface area contributed by atoms with Gasteiger partial charge in [-0.1, -0.05) is 23.9 Å². The highest BCUT2D eigenvalue weighted by atomic mass is 32.2. The van der Waals surface area contributed by atoms with Gasteiger partial charge in [-0.2, -0.15) is 0 Å². The van der Waals surface area contributed by atoms with Gasteiger partial charge in [-0.3, -0.25) is 9.78 Å². The molecule has 4 aromatic rings. The summed E-state index contributed by atoms with van der Waals surface area (Å²) in [4.78, 5) is 35.7. The van der Waals surface area contributed by atoms with Crippen LogP contribution >= 0.6 is 11.8 Å². The second kappa shape index (κ2) is 5.72. The molecule has 4 rings (SSSR count). The van der Waals surface area contributed by atoms with Crippen molar-refractivity contribution in [2.45, 2.75) is 24.8 Å². The van der Waals surface area contributed by atoms with Crippen LogP contribution in [0.1, 0.15) is 17.2 Å². The zero-order valence-corrected chi connectivity index (χ0v) is 13.9. The number of hydrogen-bond acceptors (Lipinski definition) is 6. The molecule has 0 unspecified atom stereocenters. The van der Waals surface area contributed by atoms with Crippen LogP contribution in [0, 0.1) is 13.8 Å². The number of aromatic amines is 2. The fourth-order valence-electron chi connectivity index (χ4n) is 2.38. The van der Waals surface area contributed by atoms with Gasteiger partial charge in [0.2, 0.25) is 0 Å². The number of aromatic nitrogens is 6. The van der Waals surface area contributed by atoms with E-state index in [9.17, 15) is 4.79 Å². The summed E-state index contributed by atoms with van der Waals surface area (Å²) >= 11 is 1.40. The number of H-pyrrole nitrogens is 2. The van der Waals surface area contributed by atoms with Crippen molar-refractivity contribution in [2.24, 2.45) is 0 Å². The smallest absolute Gasteiger partial charge is 0.279 e. The normalized spacial score (nSPS) is 11.4. The number of para-hydroxylation sites is 2. The highest BCUT2D eigenvalue weighted by Gasteiger charge is 2.10. The first-order valence-electron chi connectivity index (χ1n) is 7.42. The van der Waals surface area contributed by atoms with E-state index < -0.39 is 0 Å². The highest BCUT2D eigenvalue weighted by Crippen LogP contribution is 2.20. The first kappa shape index (κ1) is 14.8. The molecule has 7 nitrogen and oxygen atoms in total. The van der Waals surface area contributed by atoms with E-state index in [2.05, 4.69) is 29.9 Å². The first-order valence-corrected chi connectivity index (χ1v) is 8.40. The molecule has 0 atom stereocenters. The van der Waals surface area contributed by atoms with E-state index in [0.29, 0.717) is 16.6 Å². The van der Waals surface area contributed by atoms with E-state index in [1.807, 2.05) is 38.1 Å². The second-order valence-electron chi connectivity index (χ2n) is 5.43. The van der Waals surface area contributed by atoms with Gasteiger partial charge in [0.05, 0.1) is 28.2 Å². The maximum atomic E-state index is 12.2. The van der Waals surface area contributed by atoms with Crippen molar-refractivity contribution in [2.75, 3.05) is 0 Å². The predicted octanol–water partition coefficient (Wildman–Crippen LogP) is 2.50. The van der Waals surface area contributed by atoms with Crippen LogP contribution in [0.2, 0.25) is 0 Å². The zero-order chi connectivity index (χ0) is 16.7. The SMILES string of the molecule is Cc1nc2nc(SCc3nc4ccccc4[nH]3)[nH]c(=O)c2nc1C. The number of rotatable bonds is 3. The number of thioether (sulfide) groups is 1. The monoisotopic (exact) mass is 338 g/mol. The van der Waals surface area contributed by atoms with Gasteiger partial charge in [0, 0.05) is 0 Å². The molecular weight excluding hydrogens is 324 g/mol. The third kappa shape index (κ3) is 2.65. The van der Waals surface area contributed by atoms with Gasteiger partial charge in [-0.15, -0.1) is 0 Å². The van der Waals surface area contributed by atoms with Crippen LogP contribution in [0.5, 0.6) is 0 Å². The average Bonchev–Trinajstić information content (AvgIpc) is 2.98. The summed E-state index contributed by atoms with van der Waals surface area (Å²) in [7, 11) is 0. The van der Waals surface area contributed by atoms with Crippen molar-refractivity contribution < 1.29 is 0 Å². The van der Waals surface area contributed by atoms with Crippen LogP contribution in [0.25, 0.3) is 22.2 Å². The standard InChI is InChI=1S/C16H14N6OS/c1-8-9(2)18-14-13(17-8)15(23)22-16(21-14)24-7-12-19-10-5-3-4-6-11(10)20-12/h3-6H,7H2,1-2H3,(H,19,20)(H,18,21,22,23). The summed E-state index contributed by atoms with van der Waals surface area (Å²) in [5, 5.41) is 0.505. The molecule has 24 heavy (non-hydrogen) atoms. The number of imidazole rings is 1. The number of nitrogens with zero attached hydrogens (tertiary/aromatic N) is 4. The molecule has 0 aliphatic heterocycles. The predicted molar refractivity (Wildman–Crippen MR) is 93.1 cm³/mol. The van der Waals surface area contributed by atoms with Crippen LogP contribution in [0.4, 0.5) is 0 Å². The Kier molecular flexibility index (Phi) is 3.53. The van der Waals surface area contributed by atoms with Crippen molar-refractivity contribution in [3.05, 3.63) is 51.8 Å². The summed E-state index contributed by atoms with van der Waals surface area (Å²) in [6, 6.07) is 7.85. The molecule has 1 aromatic carbocycles. The van der Waals surface area contributed by atoms with Crippen LogP contribution in [0.15, 0.2) is 34.2 Å². The number of hydrogen-bond donors (Lipinski definition) is 2. The largest absolute Gasteiger partial charge is 0.341 e. The minimum Gasteiger partial charge on any atom is -0.341 e. The Balaban J connectivity index is 1.64. The fourth-order valence-corrected chi connectivity index (χ4v) is 3.11. The lowest BCUT2D eigenvalue weighted by Gasteiger charge is -2.03.